The number of phosphoric ester groups is 1. The summed E-state index contributed by atoms with van der Waals surface area (Å²) in [5, 5.41) is 0. The van der Waals surface area contributed by atoms with Gasteiger partial charge in [0.2, 0.25) is 0 Å². The first-order valence-electron chi connectivity index (χ1n) is 17.3. The van der Waals surface area contributed by atoms with Crippen molar-refractivity contribution in [3.8, 4) is 0 Å². The Balaban J connectivity index is 4.08. The van der Waals surface area contributed by atoms with Gasteiger partial charge in [-0.25, -0.2) is 4.57 Å². The van der Waals surface area contributed by atoms with Gasteiger partial charge < -0.3 is 19.3 Å². The lowest BCUT2D eigenvalue weighted by Gasteiger charge is -2.18. The van der Waals surface area contributed by atoms with Crippen molar-refractivity contribution in [3.63, 3.8) is 0 Å². The number of esters is 2. The molecule has 2 N–H and O–H groups in total. The van der Waals surface area contributed by atoms with Crippen LogP contribution in [-0.4, -0.2) is 41.0 Å². The molecule has 0 unspecified atom stereocenters. The van der Waals surface area contributed by atoms with E-state index < -0.39 is 32.5 Å². The SMILES string of the molecule is CCCCC/C=C\C/C=C\C/C=C\CCCCC(=O)OC[C@H](COP(=O)(O)O)OC(=O)CCCCCCCCCCCCC. The third kappa shape index (κ3) is 33.2. The lowest BCUT2D eigenvalue weighted by atomic mass is 10.1. The zero-order valence-corrected chi connectivity index (χ0v) is 28.7. The molecule has 0 spiro atoms. The van der Waals surface area contributed by atoms with Crippen LogP contribution in [0.25, 0.3) is 0 Å². The van der Waals surface area contributed by atoms with Crippen LogP contribution in [0.1, 0.15) is 155 Å². The van der Waals surface area contributed by atoms with Crippen molar-refractivity contribution in [1.29, 1.82) is 0 Å². The number of hydrogen-bond donors (Lipinski definition) is 2. The summed E-state index contributed by atoms with van der Waals surface area (Å²) < 4.78 is 26.2. The highest BCUT2D eigenvalue weighted by Crippen LogP contribution is 2.35. The first-order valence-corrected chi connectivity index (χ1v) is 18.8. The molecule has 0 heterocycles. The number of carbonyl (C=O) groups excluding carboxylic acids is 2. The minimum Gasteiger partial charge on any atom is -0.462 e. The van der Waals surface area contributed by atoms with Crippen molar-refractivity contribution >= 4 is 19.8 Å². The van der Waals surface area contributed by atoms with Crippen LogP contribution in [0, 0.1) is 0 Å². The van der Waals surface area contributed by atoms with Crippen molar-refractivity contribution in [2.45, 2.75) is 161 Å². The van der Waals surface area contributed by atoms with E-state index in [4.69, 9.17) is 19.3 Å². The molecule has 256 valence electrons. The summed E-state index contributed by atoms with van der Waals surface area (Å²) in [7, 11) is -4.75. The van der Waals surface area contributed by atoms with Crippen molar-refractivity contribution < 1.29 is 37.9 Å². The molecule has 0 aliphatic carbocycles. The van der Waals surface area contributed by atoms with Gasteiger partial charge >= 0.3 is 19.8 Å². The highest BCUT2D eigenvalue weighted by atomic mass is 31.2. The minimum absolute atomic E-state index is 0.205. The molecule has 0 radical (unpaired) electrons. The Hall–Kier alpha value is -1.73. The number of ether oxygens (including phenoxy) is 2. The van der Waals surface area contributed by atoms with E-state index in [1.54, 1.807) is 0 Å². The van der Waals surface area contributed by atoms with Crippen LogP contribution in [0.15, 0.2) is 36.5 Å². The molecule has 0 saturated heterocycles. The monoisotopic (exact) mass is 642 g/mol. The van der Waals surface area contributed by atoms with Crippen molar-refractivity contribution in [2.75, 3.05) is 13.2 Å². The maximum atomic E-state index is 12.3. The number of carbonyl (C=O) groups is 2. The van der Waals surface area contributed by atoms with Gasteiger partial charge in [0.25, 0.3) is 0 Å². The maximum Gasteiger partial charge on any atom is 0.469 e. The first kappa shape index (κ1) is 42.3. The average molecular weight is 643 g/mol. The van der Waals surface area contributed by atoms with Gasteiger partial charge in [0.05, 0.1) is 6.61 Å². The van der Waals surface area contributed by atoms with E-state index in [-0.39, 0.29) is 19.4 Å². The second-order valence-electron chi connectivity index (χ2n) is 11.5. The fraction of sp³-hybridized carbons (Fsp3) is 0.771. The second-order valence-corrected chi connectivity index (χ2v) is 12.7. The quantitative estimate of drug-likeness (QED) is 0.0332. The van der Waals surface area contributed by atoms with Gasteiger partial charge in [0, 0.05) is 12.8 Å². The molecular weight excluding hydrogens is 579 g/mol. The third-order valence-corrected chi connectivity index (χ3v) is 7.65. The van der Waals surface area contributed by atoms with Crippen molar-refractivity contribution in [2.24, 2.45) is 0 Å². The summed E-state index contributed by atoms with van der Waals surface area (Å²) in [6, 6.07) is 0. The van der Waals surface area contributed by atoms with E-state index >= 15 is 0 Å². The van der Waals surface area contributed by atoms with E-state index in [1.165, 1.54) is 64.2 Å². The molecule has 0 bridgehead atoms. The number of allylic oxidation sites excluding steroid dienone is 6. The summed E-state index contributed by atoms with van der Waals surface area (Å²) in [6.07, 6.45) is 34.4. The Bertz CT molecular complexity index is 818. The standard InChI is InChI=1S/C35H63O8P/c1-3-5-7-9-11-13-15-16-17-18-20-21-23-25-27-29-34(36)41-31-33(32-42-44(38,39)40)43-35(37)30-28-26-24-22-19-14-12-10-8-6-4-2/h11,13,16-17,20-21,33H,3-10,12,14-15,18-19,22-32H2,1-2H3,(H2,38,39,40)/b13-11-,17-16-,21-20-/t33-/m1/s1. The second kappa shape index (κ2) is 31.3. The molecule has 0 aromatic rings. The van der Waals surface area contributed by atoms with Gasteiger partial charge in [-0.3, -0.25) is 14.1 Å². The Labute approximate surface area is 268 Å². The van der Waals surface area contributed by atoms with Crippen molar-refractivity contribution in [3.05, 3.63) is 36.5 Å². The molecule has 8 nitrogen and oxygen atoms in total. The molecule has 0 aliphatic rings. The van der Waals surface area contributed by atoms with Crippen LogP contribution in [-0.2, 0) is 28.2 Å². The molecule has 0 amide bonds. The van der Waals surface area contributed by atoms with Crippen molar-refractivity contribution in [1.82, 2.24) is 0 Å². The van der Waals surface area contributed by atoms with E-state index in [0.29, 0.717) is 12.8 Å². The van der Waals surface area contributed by atoms with Crippen LogP contribution < -0.4 is 0 Å². The predicted octanol–water partition coefficient (Wildman–Crippen LogP) is 9.84. The van der Waals surface area contributed by atoms with Crippen LogP contribution in [0.2, 0.25) is 0 Å². The number of hydrogen-bond acceptors (Lipinski definition) is 6. The molecule has 1 atom stereocenters. The molecule has 0 aromatic heterocycles. The first-order chi connectivity index (χ1) is 21.3. The van der Waals surface area contributed by atoms with Gasteiger partial charge in [0.15, 0.2) is 6.10 Å². The normalized spacial score (nSPS) is 12.9. The summed E-state index contributed by atoms with van der Waals surface area (Å²) in [4.78, 5) is 42.5. The smallest absolute Gasteiger partial charge is 0.462 e. The van der Waals surface area contributed by atoms with Gasteiger partial charge in [-0.15, -0.1) is 0 Å². The topological polar surface area (TPSA) is 119 Å². The average Bonchev–Trinajstić information content (AvgIpc) is 2.98. The molecule has 0 saturated carbocycles. The zero-order valence-electron chi connectivity index (χ0n) is 27.8. The van der Waals surface area contributed by atoms with Crippen LogP contribution >= 0.6 is 7.82 Å². The molecule has 9 heteroatoms. The summed E-state index contributed by atoms with van der Waals surface area (Å²) in [6.45, 7) is 3.59. The van der Waals surface area contributed by atoms with Crippen LogP contribution in [0.4, 0.5) is 0 Å². The number of unbranched alkanes of at least 4 members (excludes halogenated alkanes) is 15. The number of phosphoric acid groups is 1. The minimum atomic E-state index is -4.75. The molecule has 0 aliphatic heterocycles. The van der Waals surface area contributed by atoms with E-state index in [1.807, 2.05) is 0 Å². The third-order valence-electron chi connectivity index (χ3n) is 7.16. The fourth-order valence-corrected chi connectivity index (χ4v) is 4.91. The van der Waals surface area contributed by atoms with E-state index in [2.05, 4.69) is 54.8 Å². The highest BCUT2D eigenvalue weighted by molar-refractivity contribution is 7.46. The summed E-state index contributed by atoms with van der Waals surface area (Å²) >= 11 is 0. The Morgan fingerprint density at radius 2 is 1.02 bits per heavy atom. The zero-order chi connectivity index (χ0) is 32.6. The molecule has 0 fully saturated rings. The highest BCUT2D eigenvalue weighted by Gasteiger charge is 2.22. The lowest BCUT2D eigenvalue weighted by Crippen LogP contribution is -2.29. The number of rotatable bonds is 31. The molecule has 0 rings (SSSR count). The van der Waals surface area contributed by atoms with Gasteiger partial charge in [0.1, 0.15) is 6.61 Å². The summed E-state index contributed by atoms with van der Waals surface area (Å²) in [5.74, 6) is -0.931. The van der Waals surface area contributed by atoms with Crippen LogP contribution in [0.3, 0.4) is 0 Å². The Morgan fingerprint density at radius 1 is 0.591 bits per heavy atom. The van der Waals surface area contributed by atoms with E-state index in [0.717, 1.165) is 51.4 Å². The Kier molecular flexibility index (Phi) is 30.0. The van der Waals surface area contributed by atoms with Gasteiger partial charge in [-0.05, 0) is 51.4 Å². The Morgan fingerprint density at radius 3 is 1.57 bits per heavy atom. The predicted molar refractivity (Wildman–Crippen MR) is 179 cm³/mol. The van der Waals surface area contributed by atoms with E-state index in [9.17, 15) is 14.2 Å². The van der Waals surface area contributed by atoms with Gasteiger partial charge in [-0.2, -0.15) is 0 Å². The van der Waals surface area contributed by atoms with Gasteiger partial charge in [-0.1, -0.05) is 127 Å². The largest absolute Gasteiger partial charge is 0.469 e. The molecule has 0 aromatic carbocycles. The fourth-order valence-electron chi connectivity index (χ4n) is 4.55. The molecule has 44 heavy (non-hydrogen) atoms. The molecular formula is C35H63O8P. The van der Waals surface area contributed by atoms with Crippen LogP contribution in [0.5, 0.6) is 0 Å². The summed E-state index contributed by atoms with van der Waals surface area (Å²) in [5.41, 5.74) is 0. The lowest BCUT2D eigenvalue weighted by molar-refractivity contribution is -0.161. The maximum absolute atomic E-state index is 12.3.